The van der Waals surface area contributed by atoms with Crippen molar-refractivity contribution in [3.8, 4) is 0 Å². The van der Waals surface area contributed by atoms with Crippen LogP contribution in [0.4, 0.5) is 5.69 Å². The molecule has 0 amide bonds. The molecule has 0 N–H and O–H groups in total. The Balaban J connectivity index is 1.90. The monoisotopic (exact) mass is 174 g/mol. The van der Waals surface area contributed by atoms with Crippen LogP contribution in [-0.4, -0.2) is 6.04 Å². The van der Waals surface area contributed by atoms with Crippen molar-refractivity contribution in [3.63, 3.8) is 0 Å². The zero-order valence-corrected chi connectivity index (χ0v) is 7.95. The SMILES string of the molecule is c1ccc([N]C2CCCCC2)cc1. The van der Waals surface area contributed by atoms with E-state index in [0.29, 0.717) is 6.04 Å². The van der Waals surface area contributed by atoms with Crippen molar-refractivity contribution in [3.05, 3.63) is 30.3 Å². The summed E-state index contributed by atoms with van der Waals surface area (Å²) < 4.78 is 0. The van der Waals surface area contributed by atoms with Gasteiger partial charge in [-0.25, -0.2) is 0 Å². The van der Waals surface area contributed by atoms with Gasteiger partial charge in [-0.2, -0.15) is 0 Å². The molecule has 0 aliphatic heterocycles. The molecule has 13 heavy (non-hydrogen) atoms. The summed E-state index contributed by atoms with van der Waals surface area (Å²) in [6.45, 7) is 0. The van der Waals surface area contributed by atoms with E-state index in [2.05, 4.69) is 24.3 Å². The van der Waals surface area contributed by atoms with Gasteiger partial charge in [0.25, 0.3) is 0 Å². The predicted octanol–water partition coefficient (Wildman–Crippen LogP) is 3.26. The molecule has 69 valence electrons. The maximum atomic E-state index is 4.72. The zero-order valence-electron chi connectivity index (χ0n) is 7.95. The van der Waals surface area contributed by atoms with Crippen LogP contribution in [0.5, 0.6) is 0 Å². The topological polar surface area (TPSA) is 14.1 Å². The van der Waals surface area contributed by atoms with E-state index in [1.165, 1.54) is 32.1 Å². The van der Waals surface area contributed by atoms with E-state index in [4.69, 9.17) is 5.32 Å². The molecule has 0 spiro atoms. The largest absolute Gasteiger partial charge is 0.282 e. The molecule has 0 bridgehead atoms. The molecule has 1 aromatic rings. The molecule has 1 aliphatic carbocycles. The molecule has 1 radical (unpaired) electrons. The Labute approximate surface area is 80.2 Å². The summed E-state index contributed by atoms with van der Waals surface area (Å²) in [6, 6.07) is 10.9. The predicted molar refractivity (Wildman–Crippen MR) is 55.1 cm³/mol. The van der Waals surface area contributed by atoms with Gasteiger partial charge >= 0.3 is 0 Å². The average Bonchev–Trinajstić information content (AvgIpc) is 2.21. The smallest absolute Gasteiger partial charge is 0.0577 e. The highest BCUT2D eigenvalue weighted by Crippen LogP contribution is 2.21. The Morgan fingerprint density at radius 3 is 2.31 bits per heavy atom. The molecule has 0 atom stereocenters. The highest BCUT2D eigenvalue weighted by atomic mass is 14.9. The lowest BCUT2D eigenvalue weighted by Crippen LogP contribution is -2.21. The van der Waals surface area contributed by atoms with E-state index >= 15 is 0 Å². The van der Waals surface area contributed by atoms with Gasteiger partial charge in [0.2, 0.25) is 0 Å². The molecule has 1 aromatic carbocycles. The summed E-state index contributed by atoms with van der Waals surface area (Å²) in [5.41, 5.74) is 1.15. The molecular weight excluding hydrogens is 158 g/mol. The number of para-hydroxylation sites is 1. The zero-order chi connectivity index (χ0) is 8.93. The van der Waals surface area contributed by atoms with E-state index in [0.717, 1.165) is 5.69 Å². The van der Waals surface area contributed by atoms with Crippen LogP contribution >= 0.6 is 0 Å². The molecule has 1 saturated carbocycles. The fraction of sp³-hybridized carbons (Fsp3) is 0.500. The second-order valence-electron chi connectivity index (χ2n) is 3.76. The maximum Gasteiger partial charge on any atom is 0.0577 e. The third kappa shape index (κ3) is 2.48. The van der Waals surface area contributed by atoms with Gasteiger partial charge < -0.3 is 0 Å². The molecule has 1 fully saturated rings. The first-order valence-corrected chi connectivity index (χ1v) is 5.21. The van der Waals surface area contributed by atoms with Crippen LogP contribution in [0.1, 0.15) is 32.1 Å². The van der Waals surface area contributed by atoms with Crippen molar-refractivity contribution in [2.24, 2.45) is 0 Å². The molecule has 2 rings (SSSR count). The number of nitrogens with zero attached hydrogens (tertiary/aromatic N) is 1. The van der Waals surface area contributed by atoms with Crippen LogP contribution in [0.3, 0.4) is 0 Å². The lowest BCUT2D eigenvalue weighted by Gasteiger charge is -2.21. The van der Waals surface area contributed by atoms with Gasteiger partial charge in [-0.1, -0.05) is 37.5 Å². The number of hydrogen-bond donors (Lipinski definition) is 0. The second-order valence-corrected chi connectivity index (χ2v) is 3.76. The molecule has 0 heterocycles. The van der Waals surface area contributed by atoms with Gasteiger partial charge in [-0.15, -0.1) is 0 Å². The first-order valence-electron chi connectivity index (χ1n) is 5.21. The Bertz CT molecular complexity index is 237. The van der Waals surface area contributed by atoms with Gasteiger partial charge in [0.15, 0.2) is 0 Å². The van der Waals surface area contributed by atoms with Crippen LogP contribution in [-0.2, 0) is 0 Å². The Morgan fingerprint density at radius 2 is 1.62 bits per heavy atom. The summed E-state index contributed by atoms with van der Waals surface area (Å²) >= 11 is 0. The van der Waals surface area contributed by atoms with Gasteiger partial charge in [-0.3, -0.25) is 5.32 Å². The highest BCUT2D eigenvalue weighted by molar-refractivity contribution is 5.35. The third-order valence-corrected chi connectivity index (χ3v) is 2.66. The Hall–Kier alpha value is -0.980. The van der Waals surface area contributed by atoms with Gasteiger partial charge in [0.05, 0.1) is 11.7 Å². The Kier molecular flexibility index (Phi) is 2.86. The first kappa shape index (κ1) is 8.61. The lowest BCUT2D eigenvalue weighted by molar-refractivity contribution is 0.403. The van der Waals surface area contributed by atoms with Crippen molar-refractivity contribution < 1.29 is 0 Å². The van der Waals surface area contributed by atoms with Crippen molar-refractivity contribution in [2.75, 3.05) is 0 Å². The summed E-state index contributed by atoms with van der Waals surface area (Å²) in [7, 11) is 0. The van der Waals surface area contributed by atoms with Gasteiger partial charge in [-0.05, 0) is 25.0 Å². The van der Waals surface area contributed by atoms with E-state index in [1.807, 2.05) is 6.07 Å². The molecular formula is C12H16N. The van der Waals surface area contributed by atoms with E-state index in [-0.39, 0.29) is 0 Å². The normalized spacial score (nSPS) is 18.5. The van der Waals surface area contributed by atoms with Crippen molar-refractivity contribution >= 4 is 5.69 Å². The van der Waals surface area contributed by atoms with Crippen molar-refractivity contribution in [1.29, 1.82) is 0 Å². The molecule has 1 nitrogen and oxygen atoms in total. The number of rotatable bonds is 2. The summed E-state index contributed by atoms with van der Waals surface area (Å²) in [5.74, 6) is 0. The van der Waals surface area contributed by atoms with E-state index in [9.17, 15) is 0 Å². The van der Waals surface area contributed by atoms with Crippen LogP contribution in [0.2, 0.25) is 0 Å². The standard InChI is InChI=1S/C12H16N/c1-3-7-11(8-4-1)13-12-9-5-2-6-10-12/h1,3-4,7-8,12H,2,5-6,9-10H2. The minimum atomic E-state index is 0.594. The van der Waals surface area contributed by atoms with Crippen LogP contribution < -0.4 is 5.32 Å². The van der Waals surface area contributed by atoms with Crippen LogP contribution in [0.25, 0.3) is 0 Å². The number of benzene rings is 1. The quantitative estimate of drug-likeness (QED) is 0.653. The van der Waals surface area contributed by atoms with Crippen LogP contribution in [0.15, 0.2) is 30.3 Å². The molecule has 0 saturated heterocycles. The summed E-state index contributed by atoms with van der Waals surface area (Å²) in [5, 5.41) is 4.72. The fourth-order valence-electron chi connectivity index (χ4n) is 1.94. The van der Waals surface area contributed by atoms with E-state index < -0.39 is 0 Å². The summed E-state index contributed by atoms with van der Waals surface area (Å²) in [4.78, 5) is 0. The minimum Gasteiger partial charge on any atom is -0.282 e. The van der Waals surface area contributed by atoms with Gasteiger partial charge in [0.1, 0.15) is 0 Å². The van der Waals surface area contributed by atoms with Crippen molar-refractivity contribution in [1.82, 2.24) is 5.32 Å². The highest BCUT2D eigenvalue weighted by Gasteiger charge is 2.13. The fourth-order valence-corrected chi connectivity index (χ4v) is 1.94. The lowest BCUT2D eigenvalue weighted by atomic mass is 9.95. The third-order valence-electron chi connectivity index (χ3n) is 2.66. The molecule has 0 unspecified atom stereocenters. The second kappa shape index (κ2) is 4.31. The minimum absolute atomic E-state index is 0.594. The van der Waals surface area contributed by atoms with Crippen LogP contribution in [0, 0.1) is 0 Å². The Morgan fingerprint density at radius 1 is 0.923 bits per heavy atom. The first-order chi connectivity index (χ1) is 6.45. The van der Waals surface area contributed by atoms with E-state index in [1.54, 1.807) is 0 Å². The maximum absolute atomic E-state index is 4.72. The molecule has 1 aliphatic rings. The molecule has 0 aromatic heterocycles. The molecule has 1 heteroatoms. The van der Waals surface area contributed by atoms with Crippen molar-refractivity contribution in [2.45, 2.75) is 38.1 Å². The summed E-state index contributed by atoms with van der Waals surface area (Å²) in [6.07, 6.45) is 6.70. The average molecular weight is 174 g/mol. The van der Waals surface area contributed by atoms with Gasteiger partial charge in [0, 0.05) is 0 Å². The number of hydrogen-bond acceptors (Lipinski definition) is 0.